The van der Waals surface area contributed by atoms with Crippen LogP contribution in [0.2, 0.25) is 0 Å². The van der Waals surface area contributed by atoms with Crippen LogP contribution >= 0.6 is 0 Å². The maximum absolute atomic E-state index is 12.0. The molecule has 0 spiro atoms. The van der Waals surface area contributed by atoms with E-state index in [2.05, 4.69) is 22.8 Å². The first-order valence-corrected chi connectivity index (χ1v) is 7.83. The van der Waals surface area contributed by atoms with Crippen LogP contribution in [0.5, 0.6) is 5.75 Å². The normalized spacial score (nSPS) is 10.8. The molecular formula is C19H24N2O3. The van der Waals surface area contributed by atoms with Gasteiger partial charge in [-0.25, -0.2) is 4.79 Å². The summed E-state index contributed by atoms with van der Waals surface area (Å²) in [4.78, 5) is 12.0. The number of rotatable bonds is 5. The summed E-state index contributed by atoms with van der Waals surface area (Å²) in [7, 11) is 1.56. The van der Waals surface area contributed by atoms with E-state index in [1.54, 1.807) is 13.2 Å². The maximum atomic E-state index is 12.0. The molecule has 0 atom stereocenters. The van der Waals surface area contributed by atoms with Gasteiger partial charge < -0.3 is 14.8 Å². The second kappa shape index (κ2) is 7.73. The molecule has 5 nitrogen and oxygen atoms in total. The molecule has 24 heavy (non-hydrogen) atoms. The number of hydrogen-bond acceptors (Lipinski definition) is 4. The molecule has 2 aromatic rings. The first-order valence-electron chi connectivity index (χ1n) is 7.83. The van der Waals surface area contributed by atoms with E-state index >= 15 is 0 Å². The lowest BCUT2D eigenvalue weighted by atomic mass is 10.2. The molecule has 2 aromatic carbocycles. The molecule has 0 aliphatic heterocycles. The quantitative estimate of drug-likeness (QED) is 0.838. The second-order valence-electron chi connectivity index (χ2n) is 6.38. The molecule has 0 saturated carbocycles. The fourth-order valence-corrected chi connectivity index (χ4v) is 2.13. The lowest BCUT2D eigenvalue weighted by Crippen LogP contribution is -2.27. The van der Waals surface area contributed by atoms with Gasteiger partial charge in [0.15, 0.2) is 0 Å². The highest BCUT2D eigenvalue weighted by Crippen LogP contribution is 2.28. The number of carbonyl (C=O) groups excluding carboxylic acids is 1. The minimum atomic E-state index is -0.555. The summed E-state index contributed by atoms with van der Waals surface area (Å²) in [5, 5.41) is 6.06. The molecule has 0 saturated heterocycles. The molecule has 1 amide bonds. The van der Waals surface area contributed by atoms with Crippen molar-refractivity contribution >= 4 is 17.5 Å². The van der Waals surface area contributed by atoms with Gasteiger partial charge in [-0.05, 0) is 44.5 Å². The summed E-state index contributed by atoms with van der Waals surface area (Å²) in [5.74, 6) is 0.575. The Balaban J connectivity index is 2.08. The summed E-state index contributed by atoms with van der Waals surface area (Å²) >= 11 is 0. The summed E-state index contributed by atoms with van der Waals surface area (Å²) in [6, 6.07) is 15.6. The zero-order valence-corrected chi connectivity index (χ0v) is 14.6. The van der Waals surface area contributed by atoms with Crippen molar-refractivity contribution in [1.82, 2.24) is 0 Å². The van der Waals surface area contributed by atoms with Crippen molar-refractivity contribution in [2.45, 2.75) is 32.9 Å². The standard InChI is InChI=1S/C19H24N2O3/c1-19(2,3)24-18(22)21-16-12-15(10-11-17(16)23-4)20-13-14-8-6-5-7-9-14/h5-12,20H,13H2,1-4H3,(H,21,22). The zero-order chi connectivity index (χ0) is 17.6. The van der Waals surface area contributed by atoms with Crippen molar-refractivity contribution in [3.05, 3.63) is 54.1 Å². The summed E-state index contributed by atoms with van der Waals surface area (Å²) in [6.07, 6.45) is -0.513. The van der Waals surface area contributed by atoms with E-state index in [-0.39, 0.29) is 0 Å². The molecule has 2 N–H and O–H groups in total. The van der Waals surface area contributed by atoms with Crippen LogP contribution in [0.1, 0.15) is 26.3 Å². The van der Waals surface area contributed by atoms with E-state index in [0.717, 1.165) is 5.69 Å². The highest BCUT2D eigenvalue weighted by atomic mass is 16.6. The molecule has 0 aromatic heterocycles. The Morgan fingerprint density at radius 2 is 1.79 bits per heavy atom. The van der Waals surface area contributed by atoms with Gasteiger partial charge in [0.1, 0.15) is 11.4 Å². The molecule has 0 bridgehead atoms. The zero-order valence-electron chi connectivity index (χ0n) is 14.6. The lowest BCUT2D eigenvalue weighted by Gasteiger charge is -2.20. The van der Waals surface area contributed by atoms with Crippen molar-refractivity contribution in [2.24, 2.45) is 0 Å². The molecule has 0 aliphatic carbocycles. The first-order chi connectivity index (χ1) is 11.4. The lowest BCUT2D eigenvalue weighted by molar-refractivity contribution is 0.0635. The third-order valence-corrected chi connectivity index (χ3v) is 3.17. The molecule has 128 valence electrons. The van der Waals surface area contributed by atoms with Gasteiger partial charge in [0.2, 0.25) is 0 Å². The third-order valence-electron chi connectivity index (χ3n) is 3.17. The monoisotopic (exact) mass is 328 g/mol. The highest BCUT2D eigenvalue weighted by molar-refractivity contribution is 5.88. The van der Waals surface area contributed by atoms with Crippen molar-refractivity contribution in [1.29, 1.82) is 0 Å². The largest absolute Gasteiger partial charge is 0.495 e. The van der Waals surface area contributed by atoms with Crippen molar-refractivity contribution in [3.63, 3.8) is 0 Å². The van der Waals surface area contributed by atoms with Crippen LogP contribution in [0.15, 0.2) is 48.5 Å². The molecule has 2 rings (SSSR count). The number of benzene rings is 2. The Morgan fingerprint density at radius 3 is 2.42 bits per heavy atom. The Hall–Kier alpha value is -2.69. The number of anilines is 2. The van der Waals surface area contributed by atoms with Crippen molar-refractivity contribution < 1.29 is 14.3 Å². The van der Waals surface area contributed by atoms with Crippen molar-refractivity contribution in [2.75, 3.05) is 17.7 Å². The highest BCUT2D eigenvalue weighted by Gasteiger charge is 2.17. The van der Waals surface area contributed by atoms with Gasteiger partial charge in [-0.2, -0.15) is 0 Å². The fourth-order valence-electron chi connectivity index (χ4n) is 2.13. The fraction of sp³-hybridized carbons (Fsp3) is 0.316. The number of carbonyl (C=O) groups is 1. The van der Waals surface area contributed by atoms with E-state index in [1.807, 2.05) is 51.1 Å². The van der Waals surface area contributed by atoms with Crippen LogP contribution in [0.4, 0.5) is 16.2 Å². The topological polar surface area (TPSA) is 59.6 Å². The maximum Gasteiger partial charge on any atom is 0.412 e. The van der Waals surface area contributed by atoms with E-state index in [1.165, 1.54) is 5.56 Å². The molecule has 0 aliphatic rings. The summed E-state index contributed by atoms with van der Waals surface area (Å²) in [5.41, 5.74) is 2.06. The molecular weight excluding hydrogens is 304 g/mol. The second-order valence-corrected chi connectivity index (χ2v) is 6.38. The number of nitrogens with one attached hydrogen (secondary N) is 2. The van der Waals surface area contributed by atoms with Gasteiger partial charge in [0.05, 0.1) is 12.8 Å². The minimum Gasteiger partial charge on any atom is -0.495 e. The summed E-state index contributed by atoms with van der Waals surface area (Å²) in [6.45, 7) is 6.16. The van der Waals surface area contributed by atoms with Crippen LogP contribution in [0.25, 0.3) is 0 Å². The van der Waals surface area contributed by atoms with Crippen LogP contribution in [-0.4, -0.2) is 18.8 Å². The van der Waals surface area contributed by atoms with Crippen LogP contribution < -0.4 is 15.4 Å². The Morgan fingerprint density at radius 1 is 1.08 bits per heavy atom. The minimum absolute atomic E-state index is 0.513. The molecule has 0 unspecified atom stereocenters. The summed E-state index contributed by atoms with van der Waals surface area (Å²) < 4.78 is 10.6. The van der Waals surface area contributed by atoms with E-state index in [0.29, 0.717) is 18.0 Å². The van der Waals surface area contributed by atoms with Crippen LogP contribution in [0.3, 0.4) is 0 Å². The van der Waals surface area contributed by atoms with Gasteiger partial charge in [-0.15, -0.1) is 0 Å². The van der Waals surface area contributed by atoms with Crippen molar-refractivity contribution in [3.8, 4) is 5.75 Å². The average Bonchev–Trinajstić information content (AvgIpc) is 2.52. The number of amides is 1. The van der Waals surface area contributed by atoms with Gasteiger partial charge in [-0.1, -0.05) is 30.3 Å². The van der Waals surface area contributed by atoms with Crippen LogP contribution in [0, 0.1) is 0 Å². The van der Waals surface area contributed by atoms with Gasteiger partial charge in [0.25, 0.3) is 0 Å². The molecule has 0 fully saturated rings. The molecule has 0 radical (unpaired) electrons. The smallest absolute Gasteiger partial charge is 0.412 e. The number of hydrogen-bond donors (Lipinski definition) is 2. The molecule has 5 heteroatoms. The SMILES string of the molecule is COc1ccc(NCc2ccccc2)cc1NC(=O)OC(C)(C)C. The number of methoxy groups -OCH3 is 1. The predicted molar refractivity (Wildman–Crippen MR) is 96.6 cm³/mol. The van der Waals surface area contributed by atoms with Gasteiger partial charge >= 0.3 is 6.09 Å². The predicted octanol–water partition coefficient (Wildman–Crippen LogP) is 4.65. The average molecular weight is 328 g/mol. The van der Waals surface area contributed by atoms with Gasteiger partial charge in [-0.3, -0.25) is 5.32 Å². The Bertz CT molecular complexity index is 679. The first kappa shape index (κ1) is 17.7. The Labute approximate surface area is 143 Å². The van der Waals surface area contributed by atoms with E-state index in [9.17, 15) is 4.79 Å². The molecule has 0 heterocycles. The van der Waals surface area contributed by atoms with E-state index in [4.69, 9.17) is 9.47 Å². The van der Waals surface area contributed by atoms with Gasteiger partial charge in [0, 0.05) is 12.2 Å². The Kier molecular flexibility index (Phi) is 5.68. The number of ether oxygens (including phenoxy) is 2. The van der Waals surface area contributed by atoms with E-state index < -0.39 is 11.7 Å². The van der Waals surface area contributed by atoms with Crippen LogP contribution in [-0.2, 0) is 11.3 Å². The third kappa shape index (κ3) is 5.50.